The Labute approximate surface area is 104 Å². The average Bonchev–Trinajstić information content (AvgIpc) is 2.33. The van der Waals surface area contributed by atoms with Gasteiger partial charge < -0.3 is 10.8 Å². The molecule has 0 atom stereocenters. The number of hydrogen-bond acceptors (Lipinski definition) is 2. The normalized spacial score (nSPS) is 14.7. The Morgan fingerprint density at radius 3 is 2.76 bits per heavy atom. The Morgan fingerprint density at radius 1 is 1.24 bits per heavy atom. The molecule has 0 aromatic heterocycles. The molecule has 17 heavy (non-hydrogen) atoms. The van der Waals surface area contributed by atoms with Gasteiger partial charge in [0.05, 0.1) is 0 Å². The molecule has 1 aliphatic rings. The third kappa shape index (κ3) is 2.63. The summed E-state index contributed by atoms with van der Waals surface area (Å²) in [6.07, 6.45) is 7.94. The Kier molecular flexibility index (Phi) is 4.06. The number of aromatic hydroxyl groups is 1. The summed E-state index contributed by atoms with van der Waals surface area (Å²) in [6.45, 7) is 2.91. The summed E-state index contributed by atoms with van der Waals surface area (Å²) < 4.78 is 0. The quantitative estimate of drug-likeness (QED) is 0.785. The van der Waals surface area contributed by atoms with Gasteiger partial charge in [-0.2, -0.15) is 0 Å². The highest BCUT2D eigenvalue weighted by Gasteiger charge is 2.16. The predicted octanol–water partition coefficient (Wildman–Crippen LogP) is 2.86. The molecule has 94 valence electrons. The fourth-order valence-corrected chi connectivity index (χ4v) is 2.90. The van der Waals surface area contributed by atoms with E-state index in [-0.39, 0.29) is 0 Å². The highest BCUT2D eigenvalue weighted by atomic mass is 16.3. The number of nitrogens with two attached hydrogens (primary N) is 1. The Balaban J connectivity index is 2.26. The van der Waals surface area contributed by atoms with Crippen molar-refractivity contribution in [2.24, 2.45) is 5.73 Å². The van der Waals surface area contributed by atoms with E-state index in [0.29, 0.717) is 5.75 Å². The van der Waals surface area contributed by atoms with Gasteiger partial charge in [-0.3, -0.25) is 0 Å². The number of unbranched alkanes of at least 4 members (excludes halogenated alkanes) is 1. The number of rotatable bonds is 4. The topological polar surface area (TPSA) is 46.2 Å². The molecule has 0 amide bonds. The molecule has 2 rings (SSSR count). The number of hydrogen-bond donors (Lipinski definition) is 2. The summed E-state index contributed by atoms with van der Waals surface area (Å²) in [5.41, 5.74) is 10.9. The number of fused-ring (bicyclic) bond motifs is 1. The minimum absolute atomic E-state index is 0.500. The van der Waals surface area contributed by atoms with Crippen LogP contribution >= 0.6 is 0 Å². The van der Waals surface area contributed by atoms with Crippen molar-refractivity contribution in [2.45, 2.75) is 51.9 Å². The van der Waals surface area contributed by atoms with Crippen LogP contribution in [0.4, 0.5) is 0 Å². The number of benzene rings is 1. The van der Waals surface area contributed by atoms with Crippen LogP contribution in [-0.4, -0.2) is 11.7 Å². The van der Waals surface area contributed by atoms with Crippen molar-refractivity contribution in [1.82, 2.24) is 0 Å². The number of phenolic OH excluding ortho intramolecular Hbond substituents is 1. The molecule has 0 radical (unpaired) electrons. The van der Waals surface area contributed by atoms with Gasteiger partial charge in [-0.15, -0.1) is 0 Å². The molecular formula is C15H23NO. The van der Waals surface area contributed by atoms with E-state index in [0.717, 1.165) is 37.8 Å². The minimum atomic E-state index is 0.500. The molecule has 0 aliphatic heterocycles. The molecule has 1 aromatic rings. The lowest BCUT2D eigenvalue weighted by Gasteiger charge is -2.21. The minimum Gasteiger partial charge on any atom is -0.508 e. The summed E-state index contributed by atoms with van der Waals surface area (Å²) >= 11 is 0. The third-order valence-electron chi connectivity index (χ3n) is 3.92. The van der Waals surface area contributed by atoms with E-state index in [4.69, 9.17) is 5.73 Å². The van der Waals surface area contributed by atoms with Crippen LogP contribution in [-0.2, 0) is 19.3 Å². The van der Waals surface area contributed by atoms with E-state index >= 15 is 0 Å². The zero-order valence-corrected chi connectivity index (χ0v) is 10.8. The second kappa shape index (κ2) is 5.54. The second-order valence-corrected chi connectivity index (χ2v) is 5.09. The average molecular weight is 233 g/mol. The predicted molar refractivity (Wildman–Crippen MR) is 71.5 cm³/mol. The molecular weight excluding hydrogens is 210 g/mol. The van der Waals surface area contributed by atoms with E-state index in [1.54, 1.807) is 0 Å². The monoisotopic (exact) mass is 233 g/mol. The standard InChI is InChI=1S/C15H23NO/c1-11-13-7-3-2-6-12(13)10-15(17)14(11)8-4-5-9-16/h10,17H,2-9,16H2,1H3. The molecule has 0 fully saturated rings. The van der Waals surface area contributed by atoms with Crippen LogP contribution in [0.3, 0.4) is 0 Å². The number of aryl methyl sites for hydroxylation is 1. The van der Waals surface area contributed by atoms with Crippen molar-refractivity contribution in [1.29, 1.82) is 0 Å². The van der Waals surface area contributed by atoms with Gasteiger partial charge >= 0.3 is 0 Å². The van der Waals surface area contributed by atoms with Gasteiger partial charge in [0.1, 0.15) is 5.75 Å². The van der Waals surface area contributed by atoms with Crippen LogP contribution in [0.25, 0.3) is 0 Å². The maximum absolute atomic E-state index is 10.1. The van der Waals surface area contributed by atoms with Crippen LogP contribution in [0.1, 0.15) is 47.9 Å². The highest BCUT2D eigenvalue weighted by molar-refractivity contribution is 5.49. The molecule has 2 heteroatoms. The summed E-state index contributed by atoms with van der Waals surface area (Å²) in [4.78, 5) is 0. The molecule has 0 saturated carbocycles. The van der Waals surface area contributed by atoms with E-state index < -0.39 is 0 Å². The van der Waals surface area contributed by atoms with E-state index in [9.17, 15) is 5.11 Å². The van der Waals surface area contributed by atoms with Gasteiger partial charge in [-0.1, -0.05) is 0 Å². The van der Waals surface area contributed by atoms with E-state index in [1.807, 2.05) is 6.07 Å². The third-order valence-corrected chi connectivity index (χ3v) is 3.92. The van der Waals surface area contributed by atoms with Crippen molar-refractivity contribution < 1.29 is 5.11 Å². The summed E-state index contributed by atoms with van der Waals surface area (Å²) in [5.74, 6) is 0.500. The van der Waals surface area contributed by atoms with Crippen molar-refractivity contribution in [3.8, 4) is 5.75 Å². The van der Waals surface area contributed by atoms with E-state index in [2.05, 4.69) is 6.92 Å². The van der Waals surface area contributed by atoms with Crippen LogP contribution in [0.5, 0.6) is 5.75 Å². The van der Waals surface area contributed by atoms with Crippen molar-refractivity contribution in [2.75, 3.05) is 6.54 Å². The van der Waals surface area contributed by atoms with Gasteiger partial charge in [0.2, 0.25) is 0 Å². The van der Waals surface area contributed by atoms with Gasteiger partial charge in [0.15, 0.2) is 0 Å². The molecule has 0 heterocycles. The summed E-state index contributed by atoms with van der Waals surface area (Å²) in [6, 6.07) is 2.00. The summed E-state index contributed by atoms with van der Waals surface area (Å²) in [5, 5.41) is 10.1. The SMILES string of the molecule is Cc1c(CCCCN)c(O)cc2c1CCCC2. The fraction of sp³-hybridized carbons (Fsp3) is 0.600. The van der Waals surface area contributed by atoms with Crippen molar-refractivity contribution in [3.05, 3.63) is 28.3 Å². The maximum Gasteiger partial charge on any atom is 0.119 e. The molecule has 1 aliphatic carbocycles. The molecule has 3 N–H and O–H groups in total. The molecule has 0 unspecified atom stereocenters. The largest absolute Gasteiger partial charge is 0.508 e. The number of phenols is 1. The Bertz CT molecular complexity index is 398. The Morgan fingerprint density at radius 2 is 2.00 bits per heavy atom. The lowest BCUT2D eigenvalue weighted by atomic mass is 9.85. The first-order valence-electron chi connectivity index (χ1n) is 6.77. The van der Waals surface area contributed by atoms with E-state index in [1.165, 1.54) is 36.0 Å². The molecule has 0 bridgehead atoms. The van der Waals surface area contributed by atoms with Crippen LogP contribution in [0.2, 0.25) is 0 Å². The van der Waals surface area contributed by atoms with Crippen LogP contribution in [0, 0.1) is 6.92 Å². The first-order valence-corrected chi connectivity index (χ1v) is 6.77. The van der Waals surface area contributed by atoms with Crippen LogP contribution in [0.15, 0.2) is 6.07 Å². The molecule has 1 aromatic carbocycles. The molecule has 0 saturated heterocycles. The smallest absolute Gasteiger partial charge is 0.119 e. The van der Waals surface area contributed by atoms with Crippen LogP contribution < -0.4 is 5.73 Å². The lowest BCUT2D eigenvalue weighted by molar-refractivity contribution is 0.463. The first-order chi connectivity index (χ1) is 8.24. The lowest BCUT2D eigenvalue weighted by Crippen LogP contribution is -2.08. The first kappa shape index (κ1) is 12.4. The highest BCUT2D eigenvalue weighted by Crippen LogP contribution is 2.33. The maximum atomic E-state index is 10.1. The second-order valence-electron chi connectivity index (χ2n) is 5.09. The summed E-state index contributed by atoms with van der Waals surface area (Å²) in [7, 11) is 0. The van der Waals surface area contributed by atoms with Crippen molar-refractivity contribution in [3.63, 3.8) is 0 Å². The fourth-order valence-electron chi connectivity index (χ4n) is 2.90. The van der Waals surface area contributed by atoms with Gasteiger partial charge in [0.25, 0.3) is 0 Å². The van der Waals surface area contributed by atoms with Gasteiger partial charge in [-0.25, -0.2) is 0 Å². The molecule has 0 spiro atoms. The van der Waals surface area contributed by atoms with Gasteiger partial charge in [-0.05, 0) is 86.7 Å². The molecule has 2 nitrogen and oxygen atoms in total. The Hall–Kier alpha value is -1.02. The van der Waals surface area contributed by atoms with Crippen molar-refractivity contribution >= 4 is 0 Å². The zero-order valence-electron chi connectivity index (χ0n) is 10.8. The zero-order chi connectivity index (χ0) is 12.3. The van der Waals surface area contributed by atoms with Gasteiger partial charge in [0, 0.05) is 0 Å².